The second-order valence-corrected chi connectivity index (χ2v) is 2.62. The summed E-state index contributed by atoms with van der Waals surface area (Å²) in [7, 11) is 0. The van der Waals surface area contributed by atoms with Gasteiger partial charge >= 0.3 is 0 Å². The van der Waals surface area contributed by atoms with Crippen LogP contribution in [0, 0.1) is 15.6 Å². The molecule has 5 nitrogen and oxygen atoms in total. The number of hydrogen-bond donors (Lipinski definition) is 1. The maximum absolute atomic E-state index is 10.5. The number of benzene rings is 1. The number of nitrogens with one attached hydrogen (secondary N) is 1. The molecule has 1 aromatic rings. The van der Waals surface area contributed by atoms with Crippen molar-refractivity contribution in [1.29, 1.82) is 5.53 Å². The number of para-hydroxylation sites is 1. The molecular weight excluding hydrogens is 170 g/mol. The van der Waals surface area contributed by atoms with E-state index in [1.807, 2.05) is 0 Å². The van der Waals surface area contributed by atoms with Crippen molar-refractivity contribution in [2.45, 2.75) is 13.0 Å². The van der Waals surface area contributed by atoms with Gasteiger partial charge in [-0.2, -0.15) is 5.11 Å². The van der Waals surface area contributed by atoms with Crippen molar-refractivity contribution >= 4 is 5.69 Å². The van der Waals surface area contributed by atoms with E-state index < -0.39 is 11.0 Å². The summed E-state index contributed by atoms with van der Waals surface area (Å²) in [6, 6.07) is 5.86. The van der Waals surface area contributed by atoms with Gasteiger partial charge in [0.2, 0.25) is 0 Å². The fourth-order valence-electron chi connectivity index (χ4n) is 1.08. The molecule has 0 saturated heterocycles. The minimum Gasteiger partial charge on any atom is -0.258 e. The second kappa shape index (κ2) is 3.75. The molecule has 0 spiro atoms. The van der Waals surface area contributed by atoms with Crippen LogP contribution >= 0.6 is 0 Å². The molecule has 0 aliphatic heterocycles. The van der Waals surface area contributed by atoms with Crippen LogP contribution < -0.4 is 0 Å². The van der Waals surface area contributed by atoms with Crippen LogP contribution in [-0.4, -0.2) is 4.92 Å². The lowest BCUT2D eigenvalue weighted by atomic mass is 10.1. The van der Waals surface area contributed by atoms with Crippen LogP contribution in [0.5, 0.6) is 0 Å². The van der Waals surface area contributed by atoms with Crippen LogP contribution in [0.4, 0.5) is 5.69 Å². The predicted octanol–water partition coefficient (Wildman–Crippen LogP) is 2.69. The van der Waals surface area contributed by atoms with Gasteiger partial charge in [-0.1, -0.05) is 12.1 Å². The molecule has 1 N–H and O–H groups in total. The lowest BCUT2D eigenvalue weighted by Crippen LogP contribution is -1.96. The summed E-state index contributed by atoms with van der Waals surface area (Å²) < 4.78 is 0. The molecule has 1 aromatic carbocycles. The van der Waals surface area contributed by atoms with Gasteiger partial charge in [0.25, 0.3) is 5.69 Å². The van der Waals surface area contributed by atoms with Crippen LogP contribution in [0.2, 0.25) is 0 Å². The van der Waals surface area contributed by atoms with E-state index >= 15 is 0 Å². The summed E-state index contributed by atoms with van der Waals surface area (Å²) in [5.74, 6) is 0. The van der Waals surface area contributed by atoms with Gasteiger partial charge < -0.3 is 0 Å². The summed E-state index contributed by atoms with van der Waals surface area (Å²) in [5.41, 5.74) is 7.28. The Labute approximate surface area is 75.1 Å². The standard InChI is InChI=1S/C8H9N3O2/c1-6(10-9)7-4-2-3-5-8(7)11(12)13/h2-6,9H,1H3. The Morgan fingerprint density at radius 2 is 2.15 bits per heavy atom. The molecular formula is C8H9N3O2. The molecule has 0 aromatic heterocycles. The highest BCUT2D eigenvalue weighted by Crippen LogP contribution is 2.26. The van der Waals surface area contributed by atoms with Gasteiger partial charge in [0.15, 0.2) is 0 Å². The van der Waals surface area contributed by atoms with Gasteiger partial charge in [0, 0.05) is 6.07 Å². The molecule has 0 fully saturated rings. The zero-order valence-electron chi connectivity index (χ0n) is 7.10. The van der Waals surface area contributed by atoms with E-state index in [-0.39, 0.29) is 5.69 Å². The van der Waals surface area contributed by atoms with Crippen LogP contribution in [-0.2, 0) is 0 Å². The van der Waals surface area contributed by atoms with E-state index in [1.54, 1.807) is 25.1 Å². The number of hydrogen-bond acceptors (Lipinski definition) is 4. The molecule has 0 radical (unpaired) electrons. The molecule has 0 bridgehead atoms. The van der Waals surface area contributed by atoms with E-state index in [9.17, 15) is 10.1 Å². The Morgan fingerprint density at radius 1 is 1.54 bits per heavy atom. The third-order valence-corrected chi connectivity index (χ3v) is 1.78. The highest BCUT2D eigenvalue weighted by atomic mass is 16.6. The second-order valence-electron chi connectivity index (χ2n) is 2.62. The molecule has 0 aliphatic rings. The molecule has 1 atom stereocenters. The van der Waals surface area contributed by atoms with Crippen molar-refractivity contribution in [1.82, 2.24) is 0 Å². The Hall–Kier alpha value is -1.78. The largest absolute Gasteiger partial charge is 0.274 e. The predicted molar refractivity (Wildman–Crippen MR) is 46.7 cm³/mol. The molecule has 0 aliphatic carbocycles. The molecule has 0 heterocycles. The first kappa shape index (κ1) is 9.31. The summed E-state index contributed by atoms with van der Waals surface area (Å²) >= 11 is 0. The summed E-state index contributed by atoms with van der Waals surface area (Å²) in [6.45, 7) is 1.65. The monoisotopic (exact) mass is 179 g/mol. The maximum atomic E-state index is 10.5. The topological polar surface area (TPSA) is 79.3 Å². The van der Waals surface area contributed by atoms with E-state index in [0.717, 1.165) is 0 Å². The minimum absolute atomic E-state index is 0.0194. The van der Waals surface area contributed by atoms with Crippen LogP contribution in [0.1, 0.15) is 18.5 Å². The van der Waals surface area contributed by atoms with Crippen LogP contribution in [0.25, 0.3) is 0 Å². The Balaban J connectivity index is 3.19. The molecule has 13 heavy (non-hydrogen) atoms. The Bertz CT molecular complexity index is 338. The van der Waals surface area contributed by atoms with Crippen molar-refractivity contribution in [2.24, 2.45) is 5.11 Å². The Kier molecular flexibility index (Phi) is 2.69. The summed E-state index contributed by atoms with van der Waals surface area (Å²) in [4.78, 5) is 10.1. The van der Waals surface area contributed by atoms with E-state index in [2.05, 4.69) is 5.11 Å². The minimum atomic E-state index is -0.461. The third-order valence-electron chi connectivity index (χ3n) is 1.78. The van der Waals surface area contributed by atoms with Crippen molar-refractivity contribution in [3.8, 4) is 0 Å². The van der Waals surface area contributed by atoms with Gasteiger partial charge in [-0.15, -0.1) is 0 Å². The first-order chi connectivity index (χ1) is 6.16. The van der Waals surface area contributed by atoms with Crippen molar-refractivity contribution in [2.75, 3.05) is 0 Å². The van der Waals surface area contributed by atoms with Crippen molar-refractivity contribution in [3.05, 3.63) is 39.9 Å². The molecule has 1 unspecified atom stereocenters. The zero-order chi connectivity index (χ0) is 9.84. The van der Waals surface area contributed by atoms with Gasteiger partial charge in [-0.25, -0.2) is 5.53 Å². The molecule has 0 amide bonds. The summed E-state index contributed by atoms with van der Waals surface area (Å²) in [5, 5.41) is 13.8. The quantitative estimate of drug-likeness (QED) is 0.439. The first-order valence-corrected chi connectivity index (χ1v) is 3.76. The SMILES string of the molecule is CC(N=N)c1ccccc1[N+](=O)[O-]. The van der Waals surface area contributed by atoms with Crippen molar-refractivity contribution in [3.63, 3.8) is 0 Å². The number of nitro benzene ring substituents is 1. The average molecular weight is 179 g/mol. The molecule has 5 heteroatoms. The van der Waals surface area contributed by atoms with Gasteiger partial charge in [-0.05, 0) is 13.0 Å². The average Bonchev–Trinajstić information content (AvgIpc) is 2.16. The Morgan fingerprint density at radius 3 is 2.69 bits per heavy atom. The number of nitro groups is 1. The first-order valence-electron chi connectivity index (χ1n) is 3.76. The lowest BCUT2D eigenvalue weighted by Gasteiger charge is -2.04. The van der Waals surface area contributed by atoms with Gasteiger partial charge in [0.05, 0.1) is 16.5 Å². The summed E-state index contributed by atoms with van der Waals surface area (Å²) in [6.07, 6.45) is 0. The number of rotatable bonds is 3. The number of nitrogens with zero attached hydrogens (tertiary/aromatic N) is 2. The smallest absolute Gasteiger partial charge is 0.258 e. The molecule has 1 rings (SSSR count). The van der Waals surface area contributed by atoms with Crippen molar-refractivity contribution < 1.29 is 4.92 Å². The lowest BCUT2D eigenvalue weighted by molar-refractivity contribution is -0.385. The van der Waals surface area contributed by atoms with Gasteiger partial charge in [0.1, 0.15) is 0 Å². The highest BCUT2D eigenvalue weighted by Gasteiger charge is 2.16. The maximum Gasteiger partial charge on any atom is 0.274 e. The highest BCUT2D eigenvalue weighted by molar-refractivity contribution is 5.41. The fraction of sp³-hybridized carbons (Fsp3) is 0.250. The zero-order valence-corrected chi connectivity index (χ0v) is 7.10. The van der Waals surface area contributed by atoms with E-state index in [4.69, 9.17) is 5.53 Å². The van der Waals surface area contributed by atoms with E-state index in [0.29, 0.717) is 5.56 Å². The normalized spacial score (nSPS) is 12.1. The fourth-order valence-corrected chi connectivity index (χ4v) is 1.08. The third kappa shape index (κ3) is 1.87. The molecule has 68 valence electrons. The van der Waals surface area contributed by atoms with Gasteiger partial charge in [-0.3, -0.25) is 10.1 Å². The van der Waals surface area contributed by atoms with Crippen LogP contribution in [0.3, 0.4) is 0 Å². The van der Waals surface area contributed by atoms with E-state index in [1.165, 1.54) is 6.07 Å². The molecule has 0 saturated carbocycles. The van der Waals surface area contributed by atoms with Crippen LogP contribution in [0.15, 0.2) is 29.4 Å².